The third kappa shape index (κ3) is 4.03. The second-order valence-corrected chi connectivity index (χ2v) is 14.2. The molecule has 10 nitrogen and oxygen atoms in total. The van der Waals surface area contributed by atoms with E-state index in [0.29, 0.717) is 59.8 Å². The zero-order chi connectivity index (χ0) is 33.9. The molecule has 2 saturated heterocycles. The monoisotopic (exact) mass is 669 g/mol. The Morgan fingerprint density at radius 1 is 1.00 bits per heavy atom. The fourth-order valence-electron chi connectivity index (χ4n) is 9.41. The molecule has 5 aromatic rings. The van der Waals surface area contributed by atoms with Crippen LogP contribution in [0.2, 0.25) is 0 Å². The number of carbonyl (C=O) groups excluding carboxylic acids is 2. The number of nitrogens with zero attached hydrogens (tertiary/aromatic N) is 4. The van der Waals surface area contributed by atoms with Gasteiger partial charge in [0.25, 0.3) is 17.7 Å². The molecule has 6 aliphatic rings. The minimum Gasteiger partial charge on any atom is -0.496 e. The standard InChI is InChI=1S/C39H32FN5O5/c1-49-30-4-2-3-26-27(30)12-14-29(26)44-19-23-15-22(8-11-25(23)36(44)46)31-32(35-42-43-38(48)50-35)28(13-7-20-5-9-24(40)10-6-20)41-34-33(31)37(47)45-18-21-16-39(34,45)17-21/h2-6,8-11,15,21,29H,7,12-14,16-19H2,1H3,(H,43,48)/t21?,29-,39?/m0/s1. The first-order chi connectivity index (χ1) is 24.3. The van der Waals surface area contributed by atoms with Crippen LogP contribution < -0.4 is 10.5 Å². The number of aryl methyl sites for hydroxylation is 2. The molecule has 250 valence electrons. The van der Waals surface area contributed by atoms with Crippen molar-refractivity contribution in [3.63, 3.8) is 0 Å². The smallest absolute Gasteiger partial charge is 0.434 e. The summed E-state index contributed by atoms with van der Waals surface area (Å²) in [5, 5.41) is 6.63. The summed E-state index contributed by atoms with van der Waals surface area (Å²) in [6.07, 6.45) is 4.36. The van der Waals surface area contributed by atoms with Gasteiger partial charge in [-0.3, -0.25) is 14.6 Å². The molecule has 2 aliphatic carbocycles. The maximum absolute atomic E-state index is 14.4. The molecular weight excluding hydrogens is 637 g/mol. The topological polar surface area (TPSA) is 122 Å². The third-order valence-electron chi connectivity index (χ3n) is 11.6. The normalized spacial score (nSPS) is 22.4. The molecule has 2 bridgehead atoms. The highest BCUT2D eigenvalue weighted by molar-refractivity contribution is 6.09. The first kappa shape index (κ1) is 29.3. The summed E-state index contributed by atoms with van der Waals surface area (Å²) >= 11 is 0. The van der Waals surface area contributed by atoms with Crippen LogP contribution in [0.5, 0.6) is 5.75 Å². The molecule has 2 amide bonds. The zero-order valence-corrected chi connectivity index (χ0v) is 27.3. The number of hydrogen-bond donors (Lipinski definition) is 1. The molecule has 3 fully saturated rings. The van der Waals surface area contributed by atoms with Gasteiger partial charge in [0.1, 0.15) is 11.6 Å². The number of ether oxygens (including phenoxy) is 1. The Hall–Kier alpha value is -5.58. The molecule has 6 heterocycles. The molecule has 1 atom stereocenters. The van der Waals surface area contributed by atoms with Crippen molar-refractivity contribution in [1.29, 1.82) is 0 Å². The molecule has 11 heteroatoms. The molecule has 1 spiro atoms. The molecule has 0 unspecified atom stereocenters. The predicted molar refractivity (Wildman–Crippen MR) is 179 cm³/mol. The van der Waals surface area contributed by atoms with Crippen LogP contribution >= 0.6 is 0 Å². The van der Waals surface area contributed by atoms with E-state index < -0.39 is 11.3 Å². The van der Waals surface area contributed by atoms with E-state index in [9.17, 15) is 18.8 Å². The molecule has 1 saturated carbocycles. The van der Waals surface area contributed by atoms with Crippen LogP contribution in [-0.2, 0) is 31.3 Å². The van der Waals surface area contributed by atoms with Gasteiger partial charge in [0.05, 0.1) is 41.2 Å². The molecular formula is C39H32FN5O5. The minimum absolute atomic E-state index is 0.0261. The molecule has 2 aromatic heterocycles. The highest BCUT2D eigenvalue weighted by Crippen LogP contribution is 2.62. The number of pyridine rings is 1. The van der Waals surface area contributed by atoms with Crippen molar-refractivity contribution >= 4 is 11.8 Å². The Bertz CT molecular complexity index is 2340. The van der Waals surface area contributed by atoms with Crippen molar-refractivity contribution in [2.75, 3.05) is 13.7 Å². The number of nitrogens with one attached hydrogen (secondary N) is 1. The maximum atomic E-state index is 14.4. The molecule has 50 heavy (non-hydrogen) atoms. The number of amides is 2. The lowest BCUT2D eigenvalue weighted by Gasteiger charge is -2.37. The quantitative estimate of drug-likeness (QED) is 0.235. The van der Waals surface area contributed by atoms with Crippen LogP contribution in [0.15, 0.2) is 69.9 Å². The number of hydrogen-bond acceptors (Lipinski definition) is 7. The number of methoxy groups -OCH3 is 1. The lowest BCUT2D eigenvalue weighted by molar-refractivity contribution is 0.0636. The van der Waals surface area contributed by atoms with E-state index in [4.69, 9.17) is 14.1 Å². The lowest BCUT2D eigenvalue weighted by Crippen LogP contribution is -2.40. The van der Waals surface area contributed by atoms with Gasteiger partial charge in [0, 0.05) is 24.2 Å². The molecule has 11 rings (SSSR count). The van der Waals surface area contributed by atoms with E-state index in [2.05, 4.69) is 16.3 Å². The van der Waals surface area contributed by atoms with Crippen LogP contribution in [0.4, 0.5) is 4.39 Å². The van der Waals surface area contributed by atoms with E-state index >= 15 is 0 Å². The second-order valence-electron chi connectivity index (χ2n) is 14.2. The summed E-state index contributed by atoms with van der Waals surface area (Å²) in [7, 11) is 1.67. The summed E-state index contributed by atoms with van der Waals surface area (Å²) in [5.41, 5.74) is 7.97. The number of halogens is 1. The molecule has 1 N–H and O–H groups in total. The van der Waals surface area contributed by atoms with Crippen LogP contribution in [-0.4, -0.2) is 50.5 Å². The highest BCUT2D eigenvalue weighted by atomic mass is 19.1. The molecule has 0 radical (unpaired) electrons. The van der Waals surface area contributed by atoms with Crippen LogP contribution in [0.1, 0.15) is 79.7 Å². The van der Waals surface area contributed by atoms with Gasteiger partial charge >= 0.3 is 5.76 Å². The van der Waals surface area contributed by atoms with Crippen molar-refractivity contribution in [3.8, 4) is 28.3 Å². The minimum atomic E-state index is -0.716. The number of aromatic amines is 1. The van der Waals surface area contributed by atoms with Gasteiger partial charge < -0.3 is 19.0 Å². The van der Waals surface area contributed by atoms with Gasteiger partial charge in [-0.25, -0.2) is 14.3 Å². The van der Waals surface area contributed by atoms with E-state index in [-0.39, 0.29) is 29.6 Å². The number of fused-ring (bicyclic) bond motifs is 3. The van der Waals surface area contributed by atoms with Crippen LogP contribution in [0.3, 0.4) is 0 Å². The van der Waals surface area contributed by atoms with Gasteiger partial charge in [-0.15, -0.1) is 5.10 Å². The maximum Gasteiger partial charge on any atom is 0.434 e. The van der Waals surface area contributed by atoms with Crippen molar-refractivity contribution in [3.05, 3.63) is 122 Å². The zero-order valence-electron chi connectivity index (χ0n) is 27.3. The number of aromatic nitrogens is 3. The number of rotatable bonds is 7. The van der Waals surface area contributed by atoms with Crippen molar-refractivity contribution < 1.29 is 23.1 Å². The first-order valence-corrected chi connectivity index (χ1v) is 17.1. The van der Waals surface area contributed by atoms with Gasteiger partial charge in [0.2, 0.25) is 0 Å². The summed E-state index contributed by atoms with van der Waals surface area (Å²) in [6, 6.07) is 18.0. The SMILES string of the molecule is COc1cccc2c1CC[C@@H]2N1Cc2cc(-c3c4c(nc(CCc5ccc(F)cc5)c3-c3n[nH]c(=O)o3)C35CC(CN3C4=O)C5)ccc2C1=O. The Morgan fingerprint density at radius 3 is 2.62 bits per heavy atom. The lowest BCUT2D eigenvalue weighted by atomic mass is 9.70. The van der Waals surface area contributed by atoms with Crippen LogP contribution in [0, 0.1) is 11.7 Å². The Labute approximate surface area is 285 Å². The Balaban J connectivity index is 1.12. The van der Waals surface area contributed by atoms with Gasteiger partial charge in [-0.1, -0.05) is 30.3 Å². The summed E-state index contributed by atoms with van der Waals surface area (Å²) in [5.74, 6) is 0.220. The van der Waals surface area contributed by atoms with E-state index in [1.807, 2.05) is 40.1 Å². The van der Waals surface area contributed by atoms with E-state index in [1.165, 1.54) is 12.1 Å². The molecule has 4 aliphatic heterocycles. The van der Waals surface area contributed by atoms with Crippen molar-refractivity contribution in [1.82, 2.24) is 25.0 Å². The largest absolute Gasteiger partial charge is 0.496 e. The van der Waals surface area contributed by atoms with Crippen LogP contribution in [0.25, 0.3) is 22.6 Å². The van der Waals surface area contributed by atoms with Gasteiger partial charge in [-0.2, -0.15) is 0 Å². The van der Waals surface area contributed by atoms with E-state index in [1.54, 1.807) is 19.2 Å². The average molecular weight is 670 g/mol. The van der Waals surface area contributed by atoms with Crippen molar-refractivity contribution in [2.24, 2.45) is 5.92 Å². The average Bonchev–Trinajstić information content (AvgIpc) is 3.96. The second kappa shape index (κ2) is 10.5. The summed E-state index contributed by atoms with van der Waals surface area (Å²) < 4.78 is 25.0. The van der Waals surface area contributed by atoms with Gasteiger partial charge in [-0.05, 0) is 103 Å². The molecule has 3 aromatic carbocycles. The first-order valence-electron chi connectivity index (χ1n) is 17.1. The third-order valence-corrected chi connectivity index (χ3v) is 11.6. The van der Waals surface area contributed by atoms with Crippen molar-refractivity contribution in [2.45, 2.75) is 56.7 Å². The fraction of sp³-hybridized carbons (Fsp3) is 0.308. The number of benzene rings is 3. The number of carbonyl (C=O) groups is 2. The fourth-order valence-corrected chi connectivity index (χ4v) is 9.41. The Kier molecular flexibility index (Phi) is 6.14. The Morgan fingerprint density at radius 2 is 1.84 bits per heavy atom. The summed E-state index contributed by atoms with van der Waals surface area (Å²) in [6.45, 7) is 1.11. The highest BCUT2D eigenvalue weighted by Gasteiger charge is 2.65. The number of H-pyrrole nitrogens is 1. The van der Waals surface area contributed by atoms with E-state index in [0.717, 1.165) is 64.9 Å². The predicted octanol–water partition coefficient (Wildman–Crippen LogP) is 5.74. The summed E-state index contributed by atoms with van der Waals surface area (Å²) in [4.78, 5) is 49.8. The van der Waals surface area contributed by atoms with Gasteiger partial charge in [0.15, 0.2) is 0 Å².